The zero-order chi connectivity index (χ0) is 17.8. The number of halogens is 1. The van der Waals surface area contributed by atoms with Gasteiger partial charge in [0, 0.05) is 44.3 Å². The fourth-order valence-electron chi connectivity index (χ4n) is 2.47. The lowest BCUT2D eigenvalue weighted by molar-refractivity contribution is 0.357. The summed E-state index contributed by atoms with van der Waals surface area (Å²) in [6.45, 7) is 3.86. The number of hydrogen-bond donors (Lipinski definition) is 1. The van der Waals surface area contributed by atoms with Crippen LogP contribution in [0.15, 0.2) is 29.2 Å². The fourth-order valence-corrected chi connectivity index (χ4v) is 5.61. The predicted molar refractivity (Wildman–Crippen MR) is 94.1 cm³/mol. The van der Waals surface area contributed by atoms with Gasteiger partial charge in [0.15, 0.2) is 0 Å². The molecule has 7 nitrogen and oxygen atoms in total. The van der Waals surface area contributed by atoms with Crippen LogP contribution in [0.2, 0.25) is 5.02 Å². The summed E-state index contributed by atoms with van der Waals surface area (Å²) in [6.07, 6.45) is 0. The van der Waals surface area contributed by atoms with Crippen molar-refractivity contribution in [2.45, 2.75) is 11.8 Å². The molecule has 0 radical (unpaired) electrons. The van der Waals surface area contributed by atoms with Crippen LogP contribution in [-0.2, 0) is 20.0 Å². The molecule has 0 spiro atoms. The van der Waals surface area contributed by atoms with Crippen molar-refractivity contribution in [3.05, 3.63) is 29.3 Å². The molecule has 0 bridgehead atoms. The highest BCUT2D eigenvalue weighted by Crippen LogP contribution is 2.18. The van der Waals surface area contributed by atoms with Crippen molar-refractivity contribution in [2.75, 3.05) is 45.0 Å². The second kappa shape index (κ2) is 8.11. The summed E-state index contributed by atoms with van der Waals surface area (Å²) in [4.78, 5) is 0.105. The van der Waals surface area contributed by atoms with Crippen LogP contribution in [0.4, 0.5) is 0 Å². The summed E-state index contributed by atoms with van der Waals surface area (Å²) >= 11 is 5.78. The van der Waals surface area contributed by atoms with Crippen molar-refractivity contribution in [3.8, 4) is 0 Å². The van der Waals surface area contributed by atoms with Gasteiger partial charge in [-0.25, -0.2) is 16.8 Å². The van der Waals surface area contributed by atoms with Gasteiger partial charge in [-0.2, -0.15) is 8.61 Å². The molecule has 0 unspecified atom stereocenters. The van der Waals surface area contributed by atoms with E-state index in [9.17, 15) is 16.8 Å². The molecule has 24 heavy (non-hydrogen) atoms. The lowest BCUT2D eigenvalue weighted by atomic mass is 10.4. The summed E-state index contributed by atoms with van der Waals surface area (Å²) in [6, 6.07) is 5.84. The zero-order valence-electron chi connectivity index (χ0n) is 13.5. The van der Waals surface area contributed by atoms with E-state index < -0.39 is 20.0 Å². The number of hydrogen-bond acceptors (Lipinski definition) is 5. The van der Waals surface area contributed by atoms with Gasteiger partial charge in [0.25, 0.3) is 0 Å². The molecule has 0 aliphatic carbocycles. The molecule has 0 aromatic heterocycles. The molecule has 1 aliphatic rings. The molecule has 2 rings (SSSR count). The molecule has 0 atom stereocenters. The Morgan fingerprint density at radius 3 is 2.25 bits per heavy atom. The van der Waals surface area contributed by atoms with Crippen molar-refractivity contribution in [3.63, 3.8) is 0 Å². The normalized spacial score (nSPS) is 17.3. The molecular formula is C14H22ClN3O4S2. The first kappa shape index (κ1) is 19.6. The number of piperazine rings is 1. The van der Waals surface area contributed by atoms with Gasteiger partial charge in [-0.05, 0) is 24.3 Å². The molecule has 10 heteroatoms. The lowest BCUT2D eigenvalue weighted by Crippen LogP contribution is -2.48. The molecule has 0 saturated carbocycles. The molecule has 136 valence electrons. The van der Waals surface area contributed by atoms with Crippen LogP contribution in [0.5, 0.6) is 0 Å². The fraction of sp³-hybridized carbons (Fsp3) is 0.571. The summed E-state index contributed by atoms with van der Waals surface area (Å²) in [7, 11) is -7.21. The Morgan fingerprint density at radius 2 is 1.71 bits per heavy atom. The Morgan fingerprint density at radius 1 is 1.12 bits per heavy atom. The molecular weight excluding hydrogens is 374 g/mol. The molecule has 1 saturated heterocycles. The largest absolute Gasteiger partial charge is 0.314 e. The van der Waals surface area contributed by atoms with Crippen LogP contribution in [0.1, 0.15) is 6.92 Å². The van der Waals surface area contributed by atoms with Crippen LogP contribution >= 0.6 is 11.6 Å². The molecule has 0 amide bonds. The lowest BCUT2D eigenvalue weighted by Gasteiger charge is -2.28. The van der Waals surface area contributed by atoms with Gasteiger partial charge in [-0.15, -0.1) is 0 Å². The van der Waals surface area contributed by atoms with E-state index in [1.54, 1.807) is 6.92 Å². The summed E-state index contributed by atoms with van der Waals surface area (Å²) < 4.78 is 52.6. The van der Waals surface area contributed by atoms with E-state index in [4.69, 9.17) is 11.6 Å². The number of rotatable bonds is 7. The Labute approximate surface area is 148 Å². The van der Waals surface area contributed by atoms with Gasteiger partial charge < -0.3 is 5.32 Å². The Hall–Kier alpha value is -0.710. The van der Waals surface area contributed by atoms with Crippen molar-refractivity contribution in [1.29, 1.82) is 0 Å². The topological polar surface area (TPSA) is 86.8 Å². The standard InChI is InChI=1S/C14H22ClN3O4S2/c1-2-17(24(21,22)14-5-3-13(15)4-6-14)11-12-23(19,20)18-9-7-16-8-10-18/h3-6,16H,2,7-12H2,1H3. The zero-order valence-corrected chi connectivity index (χ0v) is 15.9. The number of sulfonamides is 2. The molecule has 1 heterocycles. The molecule has 1 aliphatic heterocycles. The maximum Gasteiger partial charge on any atom is 0.243 e. The van der Waals surface area contributed by atoms with Gasteiger partial charge in [-0.1, -0.05) is 18.5 Å². The first-order valence-electron chi connectivity index (χ1n) is 7.71. The third kappa shape index (κ3) is 4.68. The van der Waals surface area contributed by atoms with Crippen molar-refractivity contribution in [1.82, 2.24) is 13.9 Å². The minimum atomic E-state index is -3.74. The minimum Gasteiger partial charge on any atom is -0.314 e. The summed E-state index contributed by atoms with van der Waals surface area (Å²) in [5, 5.41) is 3.53. The Bertz CT molecular complexity index is 745. The van der Waals surface area contributed by atoms with E-state index in [1.807, 2.05) is 0 Å². The van der Waals surface area contributed by atoms with Gasteiger partial charge in [0.2, 0.25) is 20.0 Å². The first-order valence-corrected chi connectivity index (χ1v) is 11.1. The van der Waals surface area contributed by atoms with E-state index in [1.165, 1.54) is 32.9 Å². The smallest absolute Gasteiger partial charge is 0.243 e. The van der Waals surface area contributed by atoms with Crippen molar-refractivity contribution < 1.29 is 16.8 Å². The Kier molecular flexibility index (Phi) is 6.63. The number of nitrogens with one attached hydrogen (secondary N) is 1. The Balaban J connectivity index is 2.09. The van der Waals surface area contributed by atoms with E-state index >= 15 is 0 Å². The van der Waals surface area contributed by atoms with Crippen LogP contribution in [0.25, 0.3) is 0 Å². The maximum atomic E-state index is 12.6. The molecule has 1 N–H and O–H groups in total. The summed E-state index contributed by atoms with van der Waals surface area (Å²) in [5.41, 5.74) is 0. The summed E-state index contributed by atoms with van der Waals surface area (Å²) in [5.74, 6) is -0.229. The van der Waals surface area contributed by atoms with E-state index in [-0.39, 0.29) is 23.7 Å². The average Bonchev–Trinajstić information content (AvgIpc) is 2.56. The van der Waals surface area contributed by atoms with Crippen LogP contribution < -0.4 is 5.32 Å². The highest BCUT2D eigenvalue weighted by molar-refractivity contribution is 7.90. The number of nitrogens with zero attached hydrogens (tertiary/aromatic N) is 2. The average molecular weight is 396 g/mol. The third-order valence-corrected chi connectivity index (χ3v) is 7.96. The molecule has 1 fully saturated rings. The van der Waals surface area contributed by atoms with E-state index in [0.717, 1.165) is 0 Å². The van der Waals surface area contributed by atoms with Crippen molar-refractivity contribution in [2.24, 2.45) is 0 Å². The molecule has 1 aromatic rings. The molecule has 1 aromatic carbocycles. The van der Waals surface area contributed by atoms with Crippen LogP contribution in [0, 0.1) is 0 Å². The first-order chi connectivity index (χ1) is 11.3. The van der Waals surface area contributed by atoms with Crippen LogP contribution in [0.3, 0.4) is 0 Å². The SMILES string of the molecule is CCN(CCS(=O)(=O)N1CCNCC1)S(=O)(=O)c1ccc(Cl)cc1. The monoisotopic (exact) mass is 395 g/mol. The second-order valence-corrected chi connectivity index (χ2v) is 9.88. The van der Waals surface area contributed by atoms with Gasteiger partial charge >= 0.3 is 0 Å². The predicted octanol–water partition coefficient (Wildman–Crippen LogP) is 0.586. The van der Waals surface area contributed by atoms with Gasteiger partial charge in [0.1, 0.15) is 0 Å². The quantitative estimate of drug-likeness (QED) is 0.730. The van der Waals surface area contributed by atoms with Gasteiger partial charge in [-0.3, -0.25) is 0 Å². The van der Waals surface area contributed by atoms with E-state index in [0.29, 0.717) is 31.2 Å². The van der Waals surface area contributed by atoms with Gasteiger partial charge in [0.05, 0.1) is 10.6 Å². The number of benzene rings is 1. The van der Waals surface area contributed by atoms with Crippen molar-refractivity contribution >= 4 is 31.6 Å². The highest BCUT2D eigenvalue weighted by Gasteiger charge is 2.28. The maximum absolute atomic E-state index is 12.6. The van der Waals surface area contributed by atoms with E-state index in [2.05, 4.69) is 5.32 Å². The minimum absolute atomic E-state index is 0.0757. The second-order valence-electron chi connectivity index (χ2n) is 5.42. The van der Waals surface area contributed by atoms with Crippen LogP contribution in [-0.4, -0.2) is 70.5 Å². The third-order valence-electron chi connectivity index (χ3n) is 3.87. The highest BCUT2D eigenvalue weighted by atomic mass is 35.5.